The summed E-state index contributed by atoms with van der Waals surface area (Å²) in [6, 6.07) is 0. The normalized spacial score (nSPS) is 10.6. The van der Waals surface area contributed by atoms with Gasteiger partial charge in [0.2, 0.25) is 0 Å². The van der Waals surface area contributed by atoms with E-state index in [0.717, 1.165) is 12.1 Å². The predicted octanol–water partition coefficient (Wildman–Crippen LogP) is 1.24. The molecule has 0 spiro atoms. The third kappa shape index (κ3) is 2.30. The first-order valence-corrected chi connectivity index (χ1v) is 4.34. The second kappa shape index (κ2) is 3.67. The number of thiocarbonyl (C=S) groups is 1. The van der Waals surface area contributed by atoms with Crippen molar-refractivity contribution in [3.05, 3.63) is 17.7 Å². The van der Waals surface area contributed by atoms with Gasteiger partial charge in [0.1, 0.15) is 4.99 Å². The molecule has 0 bridgehead atoms. The molecule has 0 fully saturated rings. The number of hydrogen-bond acceptors (Lipinski definition) is 2. The third-order valence-corrected chi connectivity index (χ3v) is 1.68. The zero-order chi connectivity index (χ0) is 9.14. The highest BCUT2D eigenvalue weighted by molar-refractivity contribution is 7.80. The number of hydrogen-bond donors (Lipinski definition) is 2. The molecular formula is C8H13N3S. The summed E-state index contributed by atoms with van der Waals surface area (Å²) in [6.07, 6.45) is 2.77. The number of nitrogens with one attached hydrogen (secondary N) is 1. The maximum atomic E-state index is 5.40. The van der Waals surface area contributed by atoms with Crippen LogP contribution in [0.5, 0.6) is 0 Å². The van der Waals surface area contributed by atoms with Crippen molar-refractivity contribution in [2.45, 2.75) is 20.3 Å². The third-order valence-electron chi connectivity index (χ3n) is 1.49. The number of rotatable bonds is 3. The van der Waals surface area contributed by atoms with Gasteiger partial charge in [0.25, 0.3) is 0 Å². The second-order valence-electron chi connectivity index (χ2n) is 3.22. The maximum Gasteiger partial charge on any atom is 0.164 e. The van der Waals surface area contributed by atoms with E-state index in [1.54, 1.807) is 6.20 Å². The molecule has 0 aliphatic rings. The molecule has 0 atom stereocenters. The summed E-state index contributed by atoms with van der Waals surface area (Å²) in [6.45, 7) is 4.31. The van der Waals surface area contributed by atoms with Crippen molar-refractivity contribution in [1.29, 1.82) is 0 Å². The molecule has 0 unspecified atom stereocenters. The summed E-state index contributed by atoms with van der Waals surface area (Å²) >= 11 is 4.77. The van der Waals surface area contributed by atoms with Crippen molar-refractivity contribution in [2.75, 3.05) is 0 Å². The fourth-order valence-electron chi connectivity index (χ4n) is 1.03. The van der Waals surface area contributed by atoms with Crippen LogP contribution in [-0.2, 0) is 6.42 Å². The summed E-state index contributed by atoms with van der Waals surface area (Å²) in [5.74, 6) is 1.23. The number of H-pyrrole nitrogens is 1. The average Bonchev–Trinajstić information content (AvgIpc) is 2.34. The first-order chi connectivity index (χ1) is 5.59. The zero-order valence-corrected chi connectivity index (χ0v) is 8.11. The van der Waals surface area contributed by atoms with Gasteiger partial charge >= 0.3 is 0 Å². The molecular weight excluding hydrogens is 170 g/mol. The van der Waals surface area contributed by atoms with Crippen molar-refractivity contribution in [1.82, 2.24) is 9.97 Å². The highest BCUT2D eigenvalue weighted by Gasteiger charge is 2.03. The van der Waals surface area contributed by atoms with Gasteiger partial charge in [-0.1, -0.05) is 26.1 Å². The first-order valence-electron chi connectivity index (χ1n) is 3.93. The van der Waals surface area contributed by atoms with Gasteiger partial charge in [0, 0.05) is 11.9 Å². The van der Waals surface area contributed by atoms with Gasteiger partial charge < -0.3 is 10.7 Å². The molecule has 0 aliphatic carbocycles. The quantitative estimate of drug-likeness (QED) is 0.693. The molecule has 66 valence electrons. The minimum Gasteiger partial charge on any atom is -0.387 e. The van der Waals surface area contributed by atoms with Crippen molar-refractivity contribution in [2.24, 2.45) is 11.7 Å². The summed E-state index contributed by atoms with van der Waals surface area (Å²) in [7, 11) is 0. The fraction of sp³-hybridized carbons (Fsp3) is 0.500. The van der Waals surface area contributed by atoms with Crippen molar-refractivity contribution >= 4 is 17.2 Å². The standard InChI is InChI=1S/C8H13N3S/c1-5(2)3-6-4-10-8(11-6)7(9)12/h4-5H,3H2,1-2H3,(H2,9,12)(H,10,11). The van der Waals surface area contributed by atoms with Gasteiger partial charge in [-0.3, -0.25) is 0 Å². The second-order valence-corrected chi connectivity index (χ2v) is 3.66. The number of aromatic nitrogens is 2. The number of nitrogens with two attached hydrogens (primary N) is 1. The van der Waals surface area contributed by atoms with E-state index in [-0.39, 0.29) is 0 Å². The summed E-state index contributed by atoms with van der Waals surface area (Å²) in [5.41, 5.74) is 6.49. The van der Waals surface area contributed by atoms with E-state index in [1.807, 2.05) is 0 Å². The van der Waals surface area contributed by atoms with Crippen molar-refractivity contribution in [3.8, 4) is 0 Å². The Kier molecular flexibility index (Phi) is 2.81. The van der Waals surface area contributed by atoms with Crippen LogP contribution < -0.4 is 5.73 Å². The zero-order valence-electron chi connectivity index (χ0n) is 7.29. The van der Waals surface area contributed by atoms with E-state index < -0.39 is 0 Å². The Morgan fingerprint density at radius 3 is 2.83 bits per heavy atom. The van der Waals surface area contributed by atoms with Crippen molar-refractivity contribution < 1.29 is 0 Å². The van der Waals surface area contributed by atoms with Crippen LogP contribution >= 0.6 is 12.2 Å². The molecule has 0 aromatic carbocycles. The lowest BCUT2D eigenvalue weighted by atomic mass is 10.1. The Morgan fingerprint density at radius 2 is 2.42 bits per heavy atom. The summed E-state index contributed by atoms with van der Waals surface area (Å²) < 4.78 is 0. The van der Waals surface area contributed by atoms with Gasteiger partial charge in [-0.15, -0.1) is 0 Å². The summed E-state index contributed by atoms with van der Waals surface area (Å²) in [4.78, 5) is 7.44. The van der Waals surface area contributed by atoms with E-state index in [4.69, 9.17) is 18.0 Å². The molecule has 12 heavy (non-hydrogen) atoms. The minimum atomic E-state index is 0.324. The van der Waals surface area contributed by atoms with Crippen LogP contribution in [0.25, 0.3) is 0 Å². The molecule has 4 heteroatoms. The molecule has 3 N–H and O–H groups in total. The van der Waals surface area contributed by atoms with E-state index in [1.165, 1.54) is 0 Å². The van der Waals surface area contributed by atoms with Crippen LogP contribution in [0.4, 0.5) is 0 Å². The number of aromatic amines is 1. The number of imidazole rings is 1. The Bertz CT molecular complexity index is 278. The molecule has 0 saturated heterocycles. The lowest BCUT2D eigenvalue weighted by Gasteiger charge is -1.99. The van der Waals surface area contributed by atoms with Crippen molar-refractivity contribution in [3.63, 3.8) is 0 Å². The Balaban J connectivity index is 2.71. The van der Waals surface area contributed by atoms with E-state index in [2.05, 4.69) is 23.8 Å². The predicted molar refractivity (Wildman–Crippen MR) is 53.0 cm³/mol. The van der Waals surface area contributed by atoms with Crippen LogP contribution in [0.2, 0.25) is 0 Å². The van der Waals surface area contributed by atoms with Gasteiger partial charge in [0.05, 0.1) is 0 Å². The molecule has 1 aromatic rings. The molecule has 0 saturated carbocycles. The molecule has 3 nitrogen and oxygen atoms in total. The lowest BCUT2D eigenvalue weighted by molar-refractivity contribution is 0.637. The Labute approximate surface area is 77.4 Å². The number of nitrogens with zero attached hydrogens (tertiary/aromatic N) is 1. The summed E-state index contributed by atoms with van der Waals surface area (Å²) in [5, 5.41) is 0. The van der Waals surface area contributed by atoms with Gasteiger partial charge in [0.15, 0.2) is 5.82 Å². The molecule has 0 radical (unpaired) electrons. The monoisotopic (exact) mass is 183 g/mol. The van der Waals surface area contributed by atoms with E-state index >= 15 is 0 Å². The molecule has 1 heterocycles. The molecule has 1 rings (SSSR count). The van der Waals surface area contributed by atoms with E-state index in [9.17, 15) is 0 Å². The Hall–Kier alpha value is -0.900. The fourth-order valence-corrected chi connectivity index (χ4v) is 1.13. The van der Waals surface area contributed by atoms with Crippen LogP contribution in [0.1, 0.15) is 25.4 Å². The van der Waals surface area contributed by atoms with Gasteiger partial charge in [-0.25, -0.2) is 4.98 Å². The molecule has 0 amide bonds. The van der Waals surface area contributed by atoms with Gasteiger partial charge in [-0.05, 0) is 12.3 Å². The topological polar surface area (TPSA) is 54.7 Å². The molecule has 0 aliphatic heterocycles. The Morgan fingerprint density at radius 1 is 1.75 bits per heavy atom. The average molecular weight is 183 g/mol. The van der Waals surface area contributed by atoms with Crippen LogP contribution in [0.15, 0.2) is 6.20 Å². The highest BCUT2D eigenvalue weighted by Crippen LogP contribution is 2.04. The smallest absolute Gasteiger partial charge is 0.164 e. The SMILES string of the molecule is CC(C)Cc1cnc(C(N)=S)[nH]1. The molecule has 1 aromatic heterocycles. The lowest BCUT2D eigenvalue weighted by Crippen LogP contribution is -2.11. The van der Waals surface area contributed by atoms with Gasteiger partial charge in [-0.2, -0.15) is 0 Å². The van der Waals surface area contributed by atoms with Crippen LogP contribution in [-0.4, -0.2) is 15.0 Å². The minimum absolute atomic E-state index is 0.324. The maximum absolute atomic E-state index is 5.40. The highest BCUT2D eigenvalue weighted by atomic mass is 32.1. The van der Waals surface area contributed by atoms with E-state index in [0.29, 0.717) is 16.7 Å². The largest absolute Gasteiger partial charge is 0.387 e. The first kappa shape index (κ1) is 9.19. The van der Waals surface area contributed by atoms with Crippen LogP contribution in [0, 0.1) is 5.92 Å². The van der Waals surface area contributed by atoms with Crippen LogP contribution in [0.3, 0.4) is 0 Å².